The molecule has 0 bridgehead atoms. The van der Waals surface area contributed by atoms with Crippen LogP contribution in [0, 0.1) is 0 Å². The summed E-state index contributed by atoms with van der Waals surface area (Å²) in [6.45, 7) is 5.39. The summed E-state index contributed by atoms with van der Waals surface area (Å²) >= 11 is 3.25. The Bertz CT molecular complexity index is 581. The topological polar surface area (TPSA) is 87.3 Å². The van der Waals surface area contributed by atoms with Gasteiger partial charge in [-0.15, -0.1) is 12.4 Å². The van der Waals surface area contributed by atoms with E-state index < -0.39 is 10.0 Å². The monoisotopic (exact) mass is 427 g/mol. The molecule has 0 saturated carbocycles. The smallest absolute Gasteiger partial charge is 0.240 e. The number of sulfonamides is 1. The fraction of sp³-hybridized carbons (Fsp3) is 0.500. The summed E-state index contributed by atoms with van der Waals surface area (Å²) in [6, 6.07) is 6.51. The molecule has 6 nitrogen and oxygen atoms in total. The van der Waals surface area contributed by atoms with Crippen molar-refractivity contribution in [3.63, 3.8) is 0 Å². The summed E-state index contributed by atoms with van der Waals surface area (Å²) in [7, 11) is -3.58. The Labute approximate surface area is 152 Å². The Morgan fingerprint density at radius 3 is 2.43 bits per heavy atom. The van der Waals surface area contributed by atoms with Gasteiger partial charge in [0.2, 0.25) is 15.9 Å². The van der Waals surface area contributed by atoms with Crippen LogP contribution in [0.15, 0.2) is 33.6 Å². The van der Waals surface area contributed by atoms with Gasteiger partial charge in [0.15, 0.2) is 0 Å². The third kappa shape index (κ3) is 8.66. The molecule has 1 rings (SSSR count). The van der Waals surface area contributed by atoms with Crippen molar-refractivity contribution >= 4 is 44.3 Å². The van der Waals surface area contributed by atoms with Crippen LogP contribution in [0.25, 0.3) is 0 Å². The first-order valence-electron chi connectivity index (χ1n) is 7.10. The van der Waals surface area contributed by atoms with Gasteiger partial charge in [-0.2, -0.15) is 0 Å². The molecule has 0 unspecified atom stereocenters. The predicted molar refractivity (Wildman–Crippen MR) is 97.3 cm³/mol. The van der Waals surface area contributed by atoms with Crippen molar-refractivity contribution in [2.45, 2.75) is 31.2 Å². The van der Waals surface area contributed by atoms with E-state index in [1.165, 1.54) is 12.1 Å². The fourth-order valence-corrected chi connectivity index (χ4v) is 3.07. The van der Waals surface area contributed by atoms with Crippen LogP contribution in [-0.4, -0.2) is 40.0 Å². The van der Waals surface area contributed by atoms with Gasteiger partial charge in [0.25, 0.3) is 0 Å². The molecule has 0 aliphatic heterocycles. The van der Waals surface area contributed by atoms with Crippen LogP contribution in [0.3, 0.4) is 0 Å². The zero-order valence-electron chi connectivity index (χ0n) is 13.1. The summed E-state index contributed by atoms with van der Waals surface area (Å²) in [5, 5.41) is 5.94. The number of likely N-dealkylation sites (N-methyl/N-ethyl adjacent to an activating group) is 1. The third-order valence-electron chi connectivity index (χ3n) is 2.93. The lowest BCUT2D eigenvalue weighted by Gasteiger charge is -2.13. The first-order chi connectivity index (χ1) is 10.3. The molecule has 1 atom stereocenters. The SMILES string of the molecule is CCN[C@H](C)CNC(=O)CCNS(=O)(=O)c1ccc(Br)cc1.Cl. The van der Waals surface area contributed by atoms with Crippen molar-refractivity contribution < 1.29 is 13.2 Å². The lowest BCUT2D eigenvalue weighted by molar-refractivity contribution is -0.121. The van der Waals surface area contributed by atoms with E-state index in [2.05, 4.69) is 31.3 Å². The summed E-state index contributed by atoms with van der Waals surface area (Å²) in [4.78, 5) is 11.8. The lowest BCUT2D eigenvalue weighted by Crippen LogP contribution is -2.39. The quantitative estimate of drug-likeness (QED) is 0.558. The van der Waals surface area contributed by atoms with Gasteiger partial charge in [-0.25, -0.2) is 13.1 Å². The molecule has 1 aromatic carbocycles. The van der Waals surface area contributed by atoms with Gasteiger partial charge in [0.1, 0.15) is 0 Å². The standard InChI is InChI=1S/C14H22BrN3O3S.ClH/c1-3-16-11(2)10-17-14(19)8-9-18-22(20,21)13-6-4-12(15)5-7-13;/h4-7,11,16,18H,3,8-10H2,1-2H3,(H,17,19);1H/t11-;/m1./s1. The van der Waals surface area contributed by atoms with Gasteiger partial charge in [0.05, 0.1) is 4.90 Å². The Morgan fingerprint density at radius 1 is 1.26 bits per heavy atom. The number of carbonyl (C=O) groups excluding carboxylic acids is 1. The molecule has 0 saturated heterocycles. The van der Waals surface area contributed by atoms with E-state index in [1.807, 2.05) is 13.8 Å². The Morgan fingerprint density at radius 2 is 1.87 bits per heavy atom. The number of carbonyl (C=O) groups is 1. The van der Waals surface area contributed by atoms with Crippen molar-refractivity contribution in [2.75, 3.05) is 19.6 Å². The van der Waals surface area contributed by atoms with Crippen molar-refractivity contribution in [3.8, 4) is 0 Å². The van der Waals surface area contributed by atoms with Crippen LogP contribution in [0.2, 0.25) is 0 Å². The maximum Gasteiger partial charge on any atom is 0.240 e. The second-order valence-electron chi connectivity index (χ2n) is 4.86. The van der Waals surface area contributed by atoms with Crippen LogP contribution >= 0.6 is 28.3 Å². The largest absolute Gasteiger partial charge is 0.355 e. The van der Waals surface area contributed by atoms with Gasteiger partial charge >= 0.3 is 0 Å². The molecule has 3 N–H and O–H groups in total. The van der Waals surface area contributed by atoms with Crippen molar-refractivity contribution in [1.82, 2.24) is 15.4 Å². The van der Waals surface area contributed by atoms with Gasteiger partial charge < -0.3 is 10.6 Å². The van der Waals surface area contributed by atoms with Gasteiger partial charge in [-0.1, -0.05) is 22.9 Å². The summed E-state index contributed by atoms with van der Waals surface area (Å²) in [5.74, 6) is -0.178. The van der Waals surface area contributed by atoms with Crippen LogP contribution in [-0.2, 0) is 14.8 Å². The molecule has 0 fully saturated rings. The molecule has 9 heteroatoms. The van der Waals surface area contributed by atoms with Crippen LogP contribution < -0.4 is 15.4 Å². The second-order valence-corrected chi connectivity index (χ2v) is 7.55. The fourth-order valence-electron chi connectivity index (χ4n) is 1.77. The molecule has 1 amide bonds. The van der Waals surface area contributed by atoms with Crippen LogP contribution in [0.1, 0.15) is 20.3 Å². The van der Waals surface area contributed by atoms with Gasteiger partial charge in [-0.05, 0) is 37.7 Å². The van der Waals surface area contributed by atoms with E-state index in [4.69, 9.17) is 0 Å². The molecular weight excluding hydrogens is 406 g/mol. The van der Waals surface area contributed by atoms with Crippen molar-refractivity contribution in [1.29, 1.82) is 0 Å². The van der Waals surface area contributed by atoms with E-state index in [-0.39, 0.29) is 42.2 Å². The van der Waals surface area contributed by atoms with Crippen LogP contribution in [0.4, 0.5) is 0 Å². The molecule has 0 aliphatic rings. The van der Waals surface area contributed by atoms with Crippen molar-refractivity contribution in [2.24, 2.45) is 0 Å². The highest BCUT2D eigenvalue weighted by atomic mass is 79.9. The average Bonchev–Trinajstić information content (AvgIpc) is 2.46. The zero-order chi connectivity index (χ0) is 16.6. The Balaban J connectivity index is 0.00000484. The average molecular weight is 429 g/mol. The number of hydrogen-bond donors (Lipinski definition) is 3. The van der Waals surface area contributed by atoms with E-state index in [0.717, 1.165) is 11.0 Å². The number of halogens is 2. The normalized spacial score (nSPS) is 12.3. The summed E-state index contributed by atoms with van der Waals surface area (Å²) < 4.78 is 27.2. The lowest BCUT2D eigenvalue weighted by atomic mass is 10.3. The van der Waals surface area contributed by atoms with Gasteiger partial charge in [0, 0.05) is 30.0 Å². The minimum absolute atomic E-state index is 0. The molecule has 23 heavy (non-hydrogen) atoms. The molecule has 1 aromatic rings. The molecule has 132 valence electrons. The minimum Gasteiger partial charge on any atom is -0.355 e. The van der Waals surface area contributed by atoms with Gasteiger partial charge in [-0.3, -0.25) is 4.79 Å². The summed E-state index contributed by atoms with van der Waals surface area (Å²) in [6.07, 6.45) is 0.106. The Hall–Kier alpha value is -0.670. The molecule has 0 heterocycles. The molecular formula is C14H23BrClN3O3S. The molecule has 0 aliphatic carbocycles. The first-order valence-corrected chi connectivity index (χ1v) is 9.38. The third-order valence-corrected chi connectivity index (χ3v) is 4.93. The molecule has 0 spiro atoms. The number of amides is 1. The highest BCUT2D eigenvalue weighted by Gasteiger charge is 2.14. The number of rotatable bonds is 9. The first kappa shape index (κ1) is 22.3. The van der Waals surface area contributed by atoms with Crippen LogP contribution in [0.5, 0.6) is 0 Å². The van der Waals surface area contributed by atoms with Crippen molar-refractivity contribution in [3.05, 3.63) is 28.7 Å². The van der Waals surface area contributed by atoms with E-state index in [0.29, 0.717) is 6.54 Å². The maximum atomic E-state index is 12.0. The predicted octanol–water partition coefficient (Wildman–Crippen LogP) is 1.65. The highest BCUT2D eigenvalue weighted by molar-refractivity contribution is 9.10. The highest BCUT2D eigenvalue weighted by Crippen LogP contribution is 2.14. The maximum absolute atomic E-state index is 12.0. The minimum atomic E-state index is -3.58. The second kappa shape index (κ2) is 11.0. The molecule has 0 radical (unpaired) electrons. The van der Waals surface area contributed by atoms with E-state index in [9.17, 15) is 13.2 Å². The molecule has 0 aromatic heterocycles. The zero-order valence-corrected chi connectivity index (χ0v) is 16.4. The number of benzene rings is 1. The van der Waals surface area contributed by atoms with E-state index in [1.54, 1.807) is 12.1 Å². The number of nitrogens with one attached hydrogen (secondary N) is 3. The summed E-state index contributed by atoms with van der Waals surface area (Å²) in [5.41, 5.74) is 0. The number of hydrogen-bond acceptors (Lipinski definition) is 4. The Kier molecular flexibility index (Phi) is 10.7. The van der Waals surface area contributed by atoms with E-state index >= 15 is 0 Å².